The highest BCUT2D eigenvalue weighted by molar-refractivity contribution is 5.81. The van der Waals surface area contributed by atoms with Gasteiger partial charge in [-0.05, 0) is 19.8 Å². The molecule has 0 spiro atoms. The van der Waals surface area contributed by atoms with Crippen LogP contribution in [0.5, 0.6) is 0 Å². The Balaban J connectivity index is 4.19. The quantitative estimate of drug-likeness (QED) is 0.685. The Morgan fingerprint density at radius 2 is 1.67 bits per heavy atom. The van der Waals surface area contributed by atoms with Gasteiger partial charge >= 0.3 is 0 Å². The molecule has 72 valence electrons. The summed E-state index contributed by atoms with van der Waals surface area (Å²) in [6, 6.07) is -0.139. The molecule has 0 saturated carbocycles. The van der Waals surface area contributed by atoms with Crippen molar-refractivity contribution in [3.8, 4) is 0 Å². The number of hydrogen-bond acceptors (Lipinski definition) is 2. The van der Waals surface area contributed by atoms with Crippen molar-refractivity contribution in [1.29, 1.82) is 0 Å². The zero-order valence-electron chi connectivity index (χ0n) is 8.66. The second-order valence-electron chi connectivity index (χ2n) is 3.72. The molecule has 1 unspecified atom stereocenters. The van der Waals surface area contributed by atoms with Crippen molar-refractivity contribution in [2.24, 2.45) is 11.7 Å². The third kappa shape index (κ3) is 2.81. The Hall–Kier alpha value is -0.570. The Kier molecular flexibility index (Phi) is 4.24. The van der Waals surface area contributed by atoms with Crippen LogP contribution >= 0.6 is 0 Å². The zero-order valence-corrected chi connectivity index (χ0v) is 8.66. The van der Waals surface area contributed by atoms with Crippen LogP contribution in [0.4, 0.5) is 0 Å². The van der Waals surface area contributed by atoms with Gasteiger partial charge in [-0.15, -0.1) is 0 Å². The first-order chi connectivity index (χ1) is 5.37. The van der Waals surface area contributed by atoms with Gasteiger partial charge in [-0.1, -0.05) is 13.8 Å². The molecule has 0 bridgehead atoms. The van der Waals surface area contributed by atoms with E-state index in [0.717, 1.165) is 0 Å². The van der Waals surface area contributed by atoms with Crippen molar-refractivity contribution < 1.29 is 4.79 Å². The number of carbonyl (C=O) groups excluding carboxylic acids is 1. The summed E-state index contributed by atoms with van der Waals surface area (Å²) >= 11 is 0. The summed E-state index contributed by atoms with van der Waals surface area (Å²) in [6.45, 7) is 7.93. The SMILES string of the molecule is CC(C)C(C)N(C)C(=O)[C@H](C)N. The first kappa shape index (κ1) is 11.4. The molecule has 2 atom stereocenters. The molecule has 1 amide bonds. The van der Waals surface area contributed by atoms with Crippen LogP contribution in [0, 0.1) is 5.92 Å². The van der Waals surface area contributed by atoms with Crippen LogP contribution in [0.25, 0.3) is 0 Å². The standard InChI is InChI=1S/C9H20N2O/c1-6(2)8(4)11(5)9(12)7(3)10/h6-8H,10H2,1-5H3/t7-,8?/m0/s1. The Bertz CT molecular complexity index is 155. The lowest BCUT2D eigenvalue weighted by Gasteiger charge is -2.29. The normalized spacial score (nSPS) is 15.9. The van der Waals surface area contributed by atoms with Gasteiger partial charge in [-0.25, -0.2) is 0 Å². The van der Waals surface area contributed by atoms with Gasteiger partial charge < -0.3 is 10.6 Å². The Morgan fingerprint density at radius 1 is 1.25 bits per heavy atom. The van der Waals surface area contributed by atoms with Crippen LogP contribution in [0.1, 0.15) is 27.7 Å². The maximum Gasteiger partial charge on any atom is 0.239 e. The molecule has 0 aliphatic heterocycles. The number of amides is 1. The average Bonchev–Trinajstić information content (AvgIpc) is 2.00. The van der Waals surface area contributed by atoms with Gasteiger partial charge in [-0.2, -0.15) is 0 Å². The third-order valence-electron chi connectivity index (χ3n) is 2.31. The minimum absolute atomic E-state index is 0.0104. The Labute approximate surface area is 74.9 Å². The molecule has 0 aliphatic carbocycles. The number of nitrogens with two attached hydrogens (primary N) is 1. The van der Waals surface area contributed by atoms with Gasteiger partial charge in [0.15, 0.2) is 0 Å². The van der Waals surface area contributed by atoms with Crippen LogP contribution < -0.4 is 5.73 Å². The molecular formula is C9H20N2O. The van der Waals surface area contributed by atoms with E-state index in [-0.39, 0.29) is 11.9 Å². The summed E-state index contributed by atoms with van der Waals surface area (Å²) in [6.07, 6.45) is 0. The number of hydrogen-bond donors (Lipinski definition) is 1. The van der Waals surface area contributed by atoms with Crippen molar-refractivity contribution >= 4 is 5.91 Å². The van der Waals surface area contributed by atoms with Crippen molar-refractivity contribution in [3.63, 3.8) is 0 Å². The molecule has 0 aliphatic rings. The van der Waals surface area contributed by atoms with Crippen molar-refractivity contribution in [2.45, 2.75) is 39.8 Å². The summed E-state index contributed by atoms with van der Waals surface area (Å²) in [5.41, 5.74) is 5.48. The predicted octanol–water partition coefficient (Wildman–Crippen LogP) is 0.837. The van der Waals surface area contributed by atoms with E-state index < -0.39 is 6.04 Å². The molecule has 0 aromatic heterocycles. The fourth-order valence-corrected chi connectivity index (χ4v) is 0.969. The van der Waals surface area contributed by atoms with E-state index in [1.165, 1.54) is 0 Å². The van der Waals surface area contributed by atoms with Crippen molar-refractivity contribution in [2.75, 3.05) is 7.05 Å². The third-order valence-corrected chi connectivity index (χ3v) is 2.31. The first-order valence-corrected chi connectivity index (χ1v) is 4.40. The maximum atomic E-state index is 11.4. The molecule has 0 aromatic rings. The molecule has 12 heavy (non-hydrogen) atoms. The summed E-state index contributed by atoms with van der Waals surface area (Å²) in [4.78, 5) is 13.1. The molecule has 0 saturated heterocycles. The maximum absolute atomic E-state index is 11.4. The minimum Gasteiger partial charge on any atom is -0.341 e. The number of nitrogens with zero attached hydrogens (tertiary/aromatic N) is 1. The smallest absolute Gasteiger partial charge is 0.239 e. The highest BCUT2D eigenvalue weighted by Crippen LogP contribution is 2.08. The molecule has 0 radical (unpaired) electrons. The van der Waals surface area contributed by atoms with Gasteiger partial charge in [0.25, 0.3) is 0 Å². The molecule has 0 heterocycles. The highest BCUT2D eigenvalue weighted by Gasteiger charge is 2.20. The summed E-state index contributed by atoms with van der Waals surface area (Å²) in [5.74, 6) is 0.480. The topological polar surface area (TPSA) is 46.3 Å². The highest BCUT2D eigenvalue weighted by atomic mass is 16.2. The molecule has 3 heteroatoms. The number of rotatable bonds is 3. The number of likely N-dealkylation sites (N-methyl/N-ethyl adjacent to an activating group) is 1. The van der Waals surface area contributed by atoms with Gasteiger partial charge in [0.2, 0.25) is 5.91 Å². The first-order valence-electron chi connectivity index (χ1n) is 4.40. The molecular weight excluding hydrogens is 152 g/mol. The van der Waals surface area contributed by atoms with E-state index in [0.29, 0.717) is 5.92 Å². The van der Waals surface area contributed by atoms with E-state index in [1.54, 1.807) is 18.9 Å². The number of carbonyl (C=O) groups is 1. The molecule has 0 aromatic carbocycles. The van der Waals surface area contributed by atoms with E-state index >= 15 is 0 Å². The van der Waals surface area contributed by atoms with Crippen LogP contribution in [0.3, 0.4) is 0 Å². The Morgan fingerprint density at radius 3 is 1.92 bits per heavy atom. The van der Waals surface area contributed by atoms with E-state index in [4.69, 9.17) is 5.73 Å². The lowest BCUT2D eigenvalue weighted by atomic mass is 10.0. The fraction of sp³-hybridized carbons (Fsp3) is 0.889. The van der Waals surface area contributed by atoms with E-state index in [9.17, 15) is 4.79 Å². The minimum atomic E-state index is -0.392. The fourth-order valence-electron chi connectivity index (χ4n) is 0.969. The van der Waals surface area contributed by atoms with Crippen LogP contribution in [0.2, 0.25) is 0 Å². The van der Waals surface area contributed by atoms with Gasteiger partial charge in [0.05, 0.1) is 6.04 Å². The predicted molar refractivity (Wildman–Crippen MR) is 50.7 cm³/mol. The molecule has 0 fully saturated rings. The van der Waals surface area contributed by atoms with E-state index in [1.807, 2.05) is 6.92 Å². The molecule has 3 nitrogen and oxygen atoms in total. The lowest BCUT2D eigenvalue weighted by Crippen LogP contribution is -2.45. The van der Waals surface area contributed by atoms with Crippen molar-refractivity contribution in [1.82, 2.24) is 4.90 Å². The largest absolute Gasteiger partial charge is 0.341 e. The molecule has 0 rings (SSSR count). The van der Waals surface area contributed by atoms with Gasteiger partial charge in [0, 0.05) is 13.1 Å². The lowest BCUT2D eigenvalue weighted by molar-refractivity contribution is -0.133. The van der Waals surface area contributed by atoms with Gasteiger partial charge in [0.1, 0.15) is 0 Å². The van der Waals surface area contributed by atoms with Crippen LogP contribution in [0.15, 0.2) is 0 Å². The van der Waals surface area contributed by atoms with Gasteiger partial charge in [-0.3, -0.25) is 4.79 Å². The van der Waals surface area contributed by atoms with E-state index in [2.05, 4.69) is 13.8 Å². The van der Waals surface area contributed by atoms with Crippen LogP contribution in [-0.2, 0) is 4.79 Å². The zero-order chi connectivity index (χ0) is 9.89. The average molecular weight is 172 g/mol. The summed E-state index contributed by atoms with van der Waals surface area (Å²) < 4.78 is 0. The second-order valence-corrected chi connectivity index (χ2v) is 3.72. The van der Waals surface area contributed by atoms with Crippen molar-refractivity contribution in [3.05, 3.63) is 0 Å². The monoisotopic (exact) mass is 172 g/mol. The van der Waals surface area contributed by atoms with Crippen LogP contribution in [-0.4, -0.2) is 29.9 Å². The summed E-state index contributed by atoms with van der Waals surface area (Å²) in [5, 5.41) is 0. The molecule has 2 N–H and O–H groups in total. The summed E-state index contributed by atoms with van der Waals surface area (Å²) in [7, 11) is 1.80. The second kappa shape index (κ2) is 4.45.